The predicted molar refractivity (Wildman–Crippen MR) is 119 cm³/mol. The zero-order valence-corrected chi connectivity index (χ0v) is 18.5. The van der Waals surface area contributed by atoms with E-state index < -0.39 is 0 Å². The average Bonchev–Trinajstić information content (AvgIpc) is 3.20. The summed E-state index contributed by atoms with van der Waals surface area (Å²) in [4.78, 5) is 28.6. The monoisotopic (exact) mass is 434 g/mol. The van der Waals surface area contributed by atoms with Crippen LogP contribution < -0.4 is 5.32 Å². The molecule has 2 amide bonds. The molecule has 3 aliphatic rings. The molecule has 29 heavy (non-hydrogen) atoms. The third-order valence-electron chi connectivity index (χ3n) is 6.67. The van der Waals surface area contributed by atoms with Gasteiger partial charge in [-0.25, -0.2) is 0 Å². The normalized spacial score (nSPS) is 26.4. The highest BCUT2D eigenvalue weighted by atomic mass is 35.5. The number of hydrogen-bond donors (Lipinski definition) is 1. The summed E-state index contributed by atoms with van der Waals surface area (Å²) in [6, 6.07) is 6.96. The Morgan fingerprint density at radius 1 is 0.931 bits per heavy atom. The molecule has 3 fully saturated rings. The van der Waals surface area contributed by atoms with Crippen molar-refractivity contribution in [3.05, 3.63) is 34.9 Å². The summed E-state index contributed by atoms with van der Waals surface area (Å²) in [7, 11) is 0. The number of halogens is 1. The van der Waals surface area contributed by atoms with E-state index in [0.29, 0.717) is 22.3 Å². The molecule has 0 bridgehead atoms. The number of benzene rings is 1. The summed E-state index contributed by atoms with van der Waals surface area (Å²) in [6.45, 7) is 0. The minimum atomic E-state index is -0.378. The molecule has 4 nitrogen and oxygen atoms in total. The Bertz CT molecular complexity index is 714. The van der Waals surface area contributed by atoms with Gasteiger partial charge in [-0.15, -0.1) is 11.8 Å². The topological polar surface area (TPSA) is 49.4 Å². The third kappa shape index (κ3) is 4.93. The van der Waals surface area contributed by atoms with E-state index in [2.05, 4.69) is 5.32 Å². The molecule has 1 aromatic carbocycles. The van der Waals surface area contributed by atoms with E-state index in [1.165, 1.54) is 38.5 Å². The van der Waals surface area contributed by atoms with Crippen LogP contribution in [0.5, 0.6) is 0 Å². The molecule has 1 N–H and O–H groups in total. The minimum Gasteiger partial charge on any atom is -0.352 e. The quantitative estimate of drug-likeness (QED) is 0.703. The molecule has 1 heterocycles. The molecular weight excluding hydrogens is 404 g/mol. The van der Waals surface area contributed by atoms with Crippen LogP contribution in [-0.2, 0) is 4.79 Å². The van der Waals surface area contributed by atoms with Gasteiger partial charge in [0.25, 0.3) is 5.91 Å². The van der Waals surface area contributed by atoms with Gasteiger partial charge in [-0.3, -0.25) is 9.59 Å². The first-order chi connectivity index (χ1) is 14.1. The number of rotatable bonds is 4. The number of thioether (sulfide) groups is 1. The van der Waals surface area contributed by atoms with E-state index in [-0.39, 0.29) is 29.3 Å². The highest BCUT2D eigenvalue weighted by Gasteiger charge is 2.45. The molecule has 0 spiro atoms. The van der Waals surface area contributed by atoms with Crippen molar-refractivity contribution in [1.29, 1.82) is 0 Å². The standard InChI is InChI=1S/C23H31ClN2O2S/c24-18-13-11-16(12-14-18)22(28)26-20(21(27)25-19-9-5-2-6-10-19)15-29-23(26)17-7-3-1-4-8-17/h11-14,17,19-20,23H,1-10,15H2,(H,25,27). The zero-order chi connectivity index (χ0) is 20.2. The van der Waals surface area contributed by atoms with E-state index in [4.69, 9.17) is 11.6 Å². The van der Waals surface area contributed by atoms with E-state index in [1.54, 1.807) is 36.0 Å². The van der Waals surface area contributed by atoms with Crippen LogP contribution in [0.25, 0.3) is 0 Å². The van der Waals surface area contributed by atoms with Crippen molar-refractivity contribution in [2.75, 3.05) is 5.75 Å². The van der Waals surface area contributed by atoms with Gasteiger partial charge in [0.1, 0.15) is 6.04 Å². The Labute approximate surface area is 183 Å². The molecule has 2 atom stereocenters. The SMILES string of the molecule is O=C(NC1CCCCC1)C1CSC(C2CCCCC2)N1C(=O)c1ccc(Cl)cc1. The fraction of sp³-hybridized carbons (Fsp3) is 0.652. The first kappa shape index (κ1) is 21.0. The van der Waals surface area contributed by atoms with Gasteiger partial charge in [0.15, 0.2) is 0 Å². The lowest BCUT2D eigenvalue weighted by Gasteiger charge is -2.36. The highest BCUT2D eigenvalue weighted by Crippen LogP contribution is 2.41. The fourth-order valence-corrected chi connectivity index (χ4v) is 6.82. The molecule has 4 rings (SSSR count). The molecule has 1 aromatic rings. The third-order valence-corrected chi connectivity index (χ3v) is 8.38. The van der Waals surface area contributed by atoms with Gasteiger partial charge in [-0.1, -0.05) is 50.1 Å². The van der Waals surface area contributed by atoms with E-state index >= 15 is 0 Å². The van der Waals surface area contributed by atoms with Crippen LogP contribution in [0.4, 0.5) is 0 Å². The largest absolute Gasteiger partial charge is 0.352 e. The van der Waals surface area contributed by atoms with Crippen molar-refractivity contribution < 1.29 is 9.59 Å². The second-order valence-corrected chi connectivity index (χ2v) is 10.3. The van der Waals surface area contributed by atoms with Gasteiger partial charge >= 0.3 is 0 Å². The van der Waals surface area contributed by atoms with Gasteiger partial charge in [0, 0.05) is 22.4 Å². The van der Waals surface area contributed by atoms with Crippen LogP contribution >= 0.6 is 23.4 Å². The summed E-state index contributed by atoms with van der Waals surface area (Å²) in [5, 5.41) is 3.98. The van der Waals surface area contributed by atoms with Crippen LogP contribution in [0.3, 0.4) is 0 Å². The molecule has 6 heteroatoms. The van der Waals surface area contributed by atoms with Crippen molar-refractivity contribution in [3.8, 4) is 0 Å². The molecule has 1 aliphatic heterocycles. The van der Waals surface area contributed by atoms with E-state index in [9.17, 15) is 9.59 Å². The Morgan fingerprint density at radius 2 is 1.55 bits per heavy atom. The molecular formula is C23H31ClN2O2S. The summed E-state index contributed by atoms with van der Waals surface area (Å²) in [5.41, 5.74) is 0.619. The summed E-state index contributed by atoms with van der Waals surface area (Å²) in [6.07, 6.45) is 11.8. The fourth-order valence-electron chi connectivity index (χ4n) is 5.06. The van der Waals surface area contributed by atoms with Crippen molar-refractivity contribution in [1.82, 2.24) is 10.2 Å². The summed E-state index contributed by atoms with van der Waals surface area (Å²) in [5.74, 6) is 1.17. The van der Waals surface area contributed by atoms with Gasteiger partial charge in [-0.05, 0) is 55.9 Å². The van der Waals surface area contributed by atoms with Crippen molar-refractivity contribution in [3.63, 3.8) is 0 Å². The second-order valence-electron chi connectivity index (χ2n) is 8.70. The number of carbonyl (C=O) groups is 2. The van der Waals surface area contributed by atoms with Crippen LogP contribution in [0.15, 0.2) is 24.3 Å². The molecule has 1 saturated heterocycles. The highest BCUT2D eigenvalue weighted by molar-refractivity contribution is 8.00. The molecule has 2 aliphatic carbocycles. The second kappa shape index (κ2) is 9.74. The maximum Gasteiger partial charge on any atom is 0.255 e. The Hall–Kier alpha value is -1.20. The smallest absolute Gasteiger partial charge is 0.255 e. The molecule has 0 radical (unpaired) electrons. The van der Waals surface area contributed by atoms with Gasteiger partial charge in [0.2, 0.25) is 5.91 Å². The Morgan fingerprint density at radius 3 is 2.21 bits per heavy atom. The number of carbonyl (C=O) groups excluding carboxylic acids is 2. The number of hydrogen-bond acceptors (Lipinski definition) is 3. The first-order valence-corrected chi connectivity index (χ1v) is 12.6. The van der Waals surface area contributed by atoms with Crippen LogP contribution in [0.2, 0.25) is 5.02 Å². The van der Waals surface area contributed by atoms with Crippen molar-refractivity contribution in [2.45, 2.75) is 81.7 Å². The molecule has 2 saturated carbocycles. The van der Waals surface area contributed by atoms with Crippen LogP contribution in [-0.4, -0.2) is 39.9 Å². The number of amides is 2. The zero-order valence-electron chi connectivity index (χ0n) is 16.9. The lowest BCUT2D eigenvalue weighted by Crippen LogP contribution is -2.53. The Kier molecular flexibility index (Phi) is 7.07. The van der Waals surface area contributed by atoms with Gasteiger partial charge in [0.05, 0.1) is 5.37 Å². The van der Waals surface area contributed by atoms with Crippen LogP contribution in [0.1, 0.15) is 74.6 Å². The molecule has 0 aromatic heterocycles. The Balaban J connectivity index is 1.54. The predicted octanol–water partition coefficient (Wildman–Crippen LogP) is 5.25. The molecule has 158 valence electrons. The molecule has 2 unspecified atom stereocenters. The summed E-state index contributed by atoms with van der Waals surface area (Å²) >= 11 is 7.82. The van der Waals surface area contributed by atoms with E-state index in [1.807, 2.05) is 4.90 Å². The maximum atomic E-state index is 13.5. The van der Waals surface area contributed by atoms with E-state index in [0.717, 1.165) is 25.7 Å². The number of nitrogens with one attached hydrogen (secondary N) is 1. The lowest BCUT2D eigenvalue weighted by atomic mass is 9.88. The minimum absolute atomic E-state index is 0.0324. The van der Waals surface area contributed by atoms with Crippen molar-refractivity contribution in [2.24, 2.45) is 5.92 Å². The first-order valence-electron chi connectivity index (χ1n) is 11.1. The van der Waals surface area contributed by atoms with Gasteiger partial charge < -0.3 is 10.2 Å². The van der Waals surface area contributed by atoms with Crippen molar-refractivity contribution >= 4 is 35.2 Å². The van der Waals surface area contributed by atoms with Gasteiger partial charge in [-0.2, -0.15) is 0 Å². The summed E-state index contributed by atoms with van der Waals surface area (Å²) < 4.78 is 0. The lowest BCUT2D eigenvalue weighted by molar-refractivity contribution is -0.126. The number of nitrogens with zero attached hydrogens (tertiary/aromatic N) is 1. The average molecular weight is 435 g/mol. The van der Waals surface area contributed by atoms with Crippen LogP contribution in [0, 0.1) is 5.92 Å². The maximum absolute atomic E-state index is 13.5.